The van der Waals surface area contributed by atoms with Crippen molar-refractivity contribution in [1.29, 1.82) is 0 Å². The van der Waals surface area contributed by atoms with Gasteiger partial charge in [-0.05, 0) is 6.42 Å². The summed E-state index contributed by atoms with van der Waals surface area (Å²) < 4.78 is 4.41. The topological polar surface area (TPSA) is 59.0 Å². The van der Waals surface area contributed by atoms with E-state index >= 15 is 0 Å². The Morgan fingerprint density at radius 2 is 2.15 bits per heavy atom. The lowest BCUT2D eigenvalue weighted by Crippen LogP contribution is -2.26. The Balaban J connectivity index is 3.62. The molecule has 0 radical (unpaired) electrons. The van der Waals surface area contributed by atoms with Gasteiger partial charge in [0.2, 0.25) is 0 Å². The van der Waals surface area contributed by atoms with Crippen LogP contribution >= 0.6 is 0 Å². The van der Waals surface area contributed by atoms with E-state index < -0.39 is 5.97 Å². The Labute approximate surface area is 78.0 Å². The molecule has 0 aliphatic heterocycles. The maximum Gasteiger partial charge on any atom is 0.327 e. The summed E-state index contributed by atoms with van der Waals surface area (Å²) in [5, 5.41) is 3.91. The van der Waals surface area contributed by atoms with Gasteiger partial charge < -0.3 is 4.74 Å². The molecule has 0 aromatic carbocycles. The summed E-state index contributed by atoms with van der Waals surface area (Å²) >= 11 is 0. The van der Waals surface area contributed by atoms with E-state index in [-0.39, 0.29) is 6.54 Å². The third-order valence-electron chi connectivity index (χ3n) is 1.67. The van der Waals surface area contributed by atoms with Crippen molar-refractivity contribution in [1.82, 2.24) is 5.01 Å². The van der Waals surface area contributed by atoms with E-state index in [0.29, 0.717) is 6.54 Å². The third kappa shape index (κ3) is 6.07. The Kier molecular flexibility index (Phi) is 6.86. The van der Waals surface area contributed by atoms with E-state index in [0.717, 1.165) is 19.3 Å². The highest BCUT2D eigenvalue weighted by atomic mass is 16.5. The van der Waals surface area contributed by atoms with Gasteiger partial charge in [-0.2, -0.15) is 0 Å². The highest BCUT2D eigenvalue weighted by Crippen LogP contribution is 1.98. The average Bonchev–Trinajstić information content (AvgIpc) is 2.16. The molecule has 0 amide bonds. The lowest BCUT2D eigenvalue weighted by atomic mass is 10.2. The standard InChI is InChI=1S/C8H16N2O3/c1-3-4-5-6-10(9-12)7-8(11)13-2/h3-7H2,1-2H3. The van der Waals surface area contributed by atoms with Crippen LogP contribution in [0, 0.1) is 4.91 Å². The monoisotopic (exact) mass is 188 g/mol. The molecule has 5 heteroatoms. The van der Waals surface area contributed by atoms with Gasteiger partial charge >= 0.3 is 5.97 Å². The Hall–Kier alpha value is -1.13. The van der Waals surface area contributed by atoms with Crippen LogP contribution in [0.2, 0.25) is 0 Å². The molecule has 0 saturated heterocycles. The molecule has 76 valence electrons. The van der Waals surface area contributed by atoms with Gasteiger partial charge in [0.25, 0.3) is 0 Å². The highest BCUT2D eigenvalue weighted by Gasteiger charge is 2.08. The molecule has 0 aliphatic carbocycles. The number of nitrogens with zero attached hydrogens (tertiary/aromatic N) is 2. The molecule has 0 fully saturated rings. The van der Waals surface area contributed by atoms with Crippen molar-refractivity contribution in [3.05, 3.63) is 4.91 Å². The third-order valence-corrected chi connectivity index (χ3v) is 1.67. The van der Waals surface area contributed by atoms with Gasteiger partial charge in [0, 0.05) is 6.54 Å². The van der Waals surface area contributed by atoms with Crippen LogP contribution in [0.5, 0.6) is 0 Å². The van der Waals surface area contributed by atoms with Gasteiger partial charge in [0.1, 0.15) is 6.54 Å². The molecule has 0 bridgehead atoms. The molecular formula is C8H16N2O3. The molecular weight excluding hydrogens is 172 g/mol. The molecule has 0 rings (SSSR count). The summed E-state index contributed by atoms with van der Waals surface area (Å²) in [6.07, 6.45) is 2.98. The first-order valence-electron chi connectivity index (χ1n) is 4.39. The van der Waals surface area contributed by atoms with Crippen molar-refractivity contribution < 1.29 is 9.53 Å². The zero-order chi connectivity index (χ0) is 10.1. The van der Waals surface area contributed by atoms with Gasteiger partial charge in [-0.3, -0.25) is 4.79 Å². The first-order chi connectivity index (χ1) is 6.24. The predicted molar refractivity (Wildman–Crippen MR) is 48.9 cm³/mol. The van der Waals surface area contributed by atoms with Gasteiger partial charge in [-0.1, -0.05) is 19.8 Å². The van der Waals surface area contributed by atoms with Crippen molar-refractivity contribution in [3.63, 3.8) is 0 Å². The quantitative estimate of drug-likeness (QED) is 0.262. The maximum absolute atomic E-state index is 10.8. The fourth-order valence-electron chi connectivity index (χ4n) is 0.907. The van der Waals surface area contributed by atoms with Crippen molar-refractivity contribution in [2.45, 2.75) is 26.2 Å². The van der Waals surface area contributed by atoms with Crippen LogP contribution in [0.3, 0.4) is 0 Å². The molecule has 0 atom stereocenters. The molecule has 13 heavy (non-hydrogen) atoms. The SMILES string of the molecule is CCCCCN(CC(=O)OC)N=O. The smallest absolute Gasteiger partial charge is 0.327 e. The number of nitroso groups, excluding NO2 is 1. The fourth-order valence-corrected chi connectivity index (χ4v) is 0.907. The van der Waals surface area contributed by atoms with Crippen LogP contribution in [-0.2, 0) is 9.53 Å². The zero-order valence-electron chi connectivity index (χ0n) is 8.15. The van der Waals surface area contributed by atoms with Crippen molar-refractivity contribution in [3.8, 4) is 0 Å². The lowest BCUT2D eigenvalue weighted by molar-refractivity contribution is -0.141. The molecule has 0 unspecified atom stereocenters. The van der Waals surface area contributed by atoms with Crippen molar-refractivity contribution in [2.75, 3.05) is 20.2 Å². The predicted octanol–water partition coefficient (Wildman–Crippen LogP) is 1.33. The molecule has 0 spiro atoms. The highest BCUT2D eigenvalue weighted by molar-refractivity contribution is 5.71. The first-order valence-corrected chi connectivity index (χ1v) is 4.39. The van der Waals surface area contributed by atoms with Gasteiger partial charge in [-0.15, -0.1) is 4.91 Å². The summed E-state index contributed by atoms with van der Waals surface area (Å²) in [6.45, 7) is 2.54. The van der Waals surface area contributed by atoms with E-state index in [4.69, 9.17) is 0 Å². The summed E-state index contributed by atoms with van der Waals surface area (Å²) in [6, 6.07) is 0. The number of methoxy groups -OCH3 is 1. The Morgan fingerprint density at radius 1 is 1.46 bits per heavy atom. The molecule has 0 aromatic rings. The second kappa shape index (κ2) is 7.52. The van der Waals surface area contributed by atoms with E-state index in [2.05, 4.69) is 16.9 Å². The lowest BCUT2D eigenvalue weighted by Gasteiger charge is -2.12. The first kappa shape index (κ1) is 11.9. The molecule has 0 aromatic heterocycles. The van der Waals surface area contributed by atoms with Crippen LogP contribution in [0.25, 0.3) is 0 Å². The minimum Gasteiger partial charge on any atom is -0.468 e. The Morgan fingerprint density at radius 3 is 2.62 bits per heavy atom. The summed E-state index contributed by atoms with van der Waals surface area (Å²) in [5.41, 5.74) is 0. The second-order valence-electron chi connectivity index (χ2n) is 2.75. The molecule has 0 aliphatic rings. The van der Waals surface area contributed by atoms with E-state index in [1.54, 1.807) is 0 Å². The van der Waals surface area contributed by atoms with Gasteiger partial charge in [-0.25, -0.2) is 5.01 Å². The van der Waals surface area contributed by atoms with Gasteiger partial charge in [0.05, 0.1) is 12.4 Å². The molecule has 5 nitrogen and oxygen atoms in total. The zero-order valence-corrected chi connectivity index (χ0v) is 8.15. The van der Waals surface area contributed by atoms with Crippen molar-refractivity contribution in [2.24, 2.45) is 5.29 Å². The summed E-state index contributed by atoms with van der Waals surface area (Å²) in [4.78, 5) is 21.0. The second-order valence-corrected chi connectivity index (χ2v) is 2.75. The van der Waals surface area contributed by atoms with Crippen LogP contribution < -0.4 is 0 Å². The number of carbonyl (C=O) groups is 1. The van der Waals surface area contributed by atoms with Crippen molar-refractivity contribution >= 4 is 5.97 Å². The van der Waals surface area contributed by atoms with E-state index in [9.17, 15) is 9.70 Å². The largest absolute Gasteiger partial charge is 0.468 e. The number of rotatable bonds is 7. The minimum atomic E-state index is -0.434. The number of carbonyl (C=O) groups excluding carboxylic acids is 1. The maximum atomic E-state index is 10.8. The number of ether oxygens (including phenoxy) is 1. The van der Waals surface area contributed by atoms with Crippen LogP contribution in [-0.4, -0.2) is 31.2 Å². The van der Waals surface area contributed by atoms with Crippen LogP contribution in [0.1, 0.15) is 26.2 Å². The van der Waals surface area contributed by atoms with Crippen LogP contribution in [0.4, 0.5) is 0 Å². The summed E-state index contributed by atoms with van der Waals surface area (Å²) in [7, 11) is 1.29. The van der Waals surface area contributed by atoms with Gasteiger partial charge in [0.15, 0.2) is 0 Å². The minimum absolute atomic E-state index is 0.0519. The molecule has 0 saturated carbocycles. The number of hydrogen-bond acceptors (Lipinski definition) is 4. The average molecular weight is 188 g/mol. The fraction of sp³-hybridized carbons (Fsp3) is 0.875. The summed E-state index contributed by atoms with van der Waals surface area (Å²) in [5.74, 6) is -0.434. The molecule has 0 heterocycles. The normalized spacial score (nSPS) is 9.38. The Bertz CT molecular complexity index is 161. The van der Waals surface area contributed by atoms with E-state index in [1.165, 1.54) is 12.1 Å². The van der Waals surface area contributed by atoms with Crippen LogP contribution in [0.15, 0.2) is 5.29 Å². The number of unbranched alkanes of at least 4 members (excludes halogenated alkanes) is 2. The molecule has 0 N–H and O–H groups in total. The van der Waals surface area contributed by atoms with E-state index in [1.807, 2.05) is 0 Å². The number of hydrogen-bond donors (Lipinski definition) is 0. The number of esters is 1.